The third-order valence-corrected chi connectivity index (χ3v) is 12.5. The summed E-state index contributed by atoms with van der Waals surface area (Å²) in [7, 11) is 0. The third kappa shape index (κ3) is 6.44. The standard InChI is InChI=1S/C53H33F3N4S/c1-32-27-37(29-38(28-32)53(54,55)56)35-23-25-46-43(30-35)40-17-8-10-21-45(40)60(46)47-26-24-36(39-19-12-20-42-41-18-9-11-22-48(41)61-49(39)42)31-44(47)52-58-50(33-13-4-2-5-14-33)57-51(59-52)34-15-6-3-7-16-34/h2-31H,1H3. The topological polar surface area (TPSA) is 43.6 Å². The predicted octanol–water partition coefficient (Wildman–Crippen LogP) is 15.0. The van der Waals surface area contributed by atoms with Crippen molar-refractivity contribution in [2.75, 3.05) is 0 Å². The van der Waals surface area contributed by atoms with Gasteiger partial charge in [0, 0.05) is 47.6 Å². The molecular weight excluding hydrogens is 782 g/mol. The van der Waals surface area contributed by atoms with Crippen LogP contribution in [0.15, 0.2) is 182 Å². The predicted molar refractivity (Wildman–Crippen MR) is 244 cm³/mol. The van der Waals surface area contributed by atoms with Crippen molar-refractivity contribution in [3.8, 4) is 62.1 Å². The number of thiophene rings is 1. The molecule has 0 saturated carbocycles. The van der Waals surface area contributed by atoms with Crippen molar-refractivity contribution >= 4 is 53.3 Å². The number of nitrogens with zero attached hydrogens (tertiary/aromatic N) is 4. The molecule has 0 saturated heterocycles. The summed E-state index contributed by atoms with van der Waals surface area (Å²) < 4.78 is 46.6. The molecular formula is C53H33F3N4S. The Bertz CT molecular complexity index is 3420. The number of hydrogen-bond acceptors (Lipinski definition) is 4. The highest BCUT2D eigenvalue weighted by atomic mass is 32.1. The van der Waals surface area contributed by atoms with E-state index in [4.69, 9.17) is 15.0 Å². The molecule has 3 aromatic heterocycles. The van der Waals surface area contributed by atoms with E-state index in [0.717, 1.165) is 55.3 Å². The van der Waals surface area contributed by atoms with Crippen LogP contribution in [0, 0.1) is 6.92 Å². The number of hydrogen-bond donors (Lipinski definition) is 0. The summed E-state index contributed by atoms with van der Waals surface area (Å²) in [5.74, 6) is 1.61. The first kappa shape index (κ1) is 36.6. The van der Waals surface area contributed by atoms with Gasteiger partial charge in [-0.1, -0.05) is 133 Å². The molecule has 61 heavy (non-hydrogen) atoms. The first-order valence-corrected chi connectivity index (χ1v) is 20.7. The van der Waals surface area contributed by atoms with Crippen LogP contribution in [0.25, 0.3) is 104 Å². The second-order valence-corrected chi connectivity index (χ2v) is 16.3. The Hall–Kier alpha value is -7.42. The van der Waals surface area contributed by atoms with Gasteiger partial charge in [-0.2, -0.15) is 13.2 Å². The van der Waals surface area contributed by atoms with Gasteiger partial charge in [-0.25, -0.2) is 15.0 Å². The summed E-state index contributed by atoms with van der Waals surface area (Å²) in [6, 6.07) is 59.6. The lowest BCUT2D eigenvalue weighted by Gasteiger charge is -2.17. The van der Waals surface area contributed by atoms with E-state index >= 15 is 0 Å². The number of halogens is 3. The number of aryl methyl sites for hydroxylation is 1. The van der Waals surface area contributed by atoms with Gasteiger partial charge in [0.1, 0.15) is 0 Å². The Labute approximate surface area is 352 Å². The van der Waals surface area contributed by atoms with Gasteiger partial charge in [0.15, 0.2) is 17.5 Å². The fourth-order valence-corrected chi connectivity index (χ4v) is 9.74. The highest BCUT2D eigenvalue weighted by molar-refractivity contribution is 7.26. The fraction of sp³-hybridized carbons (Fsp3) is 0.0377. The zero-order valence-electron chi connectivity index (χ0n) is 32.7. The highest BCUT2D eigenvalue weighted by Crippen LogP contribution is 2.44. The summed E-state index contributed by atoms with van der Waals surface area (Å²) in [6.45, 7) is 1.70. The maximum atomic E-state index is 14.0. The summed E-state index contributed by atoms with van der Waals surface area (Å²) in [4.78, 5) is 15.5. The van der Waals surface area contributed by atoms with Crippen LogP contribution >= 0.6 is 11.3 Å². The minimum Gasteiger partial charge on any atom is -0.309 e. The summed E-state index contributed by atoms with van der Waals surface area (Å²) in [5, 5.41) is 4.32. The fourth-order valence-electron chi connectivity index (χ4n) is 8.51. The Morgan fingerprint density at radius 3 is 1.80 bits per heavy atom. The zero-order valence-corrected chi connectivity index (χ0v) is 33.5. The van der Waals surface area contributed by atoms with Crippen LogP contribution in [0.5, 0.6) is 0 Å². The second-order valence-electron chi connectivity index (χ2n) is 15.2. The van der Waals surface area contributed by atoms with Crippen molar-refractivity contribution in [1.82, 2.24) is 19.5 Å². The molecule has 3 heterocycles. The Morgan fingerprint density at radius 2 is 1.07 bits per heavy atom. The van der Waals surface area contributed by atoms with Crippen LogP contribution in [0.4, 0.5) is 13.2 Å². The average Bonchev–Trinajstić information content (AvgIpc) is 3.84. The molecule has 0 amide bonds. The molecule has 11 aromatic rings. The van der Waals surface area contributed by atoms with Crippen LogP contribution in [0.1, 0.15) is 11.1 Å². The Morgan fingerprint density at radius 1 is 0.443 bits per heavy atom. The first-order valence-electron chi connectivity index (χ1n) is 19.9. The molecule has 0 aliphatic carbocycles. The van der Waals surface area contributed by atoms with E-state index < -0.39 is 11.7 Å². The Balaban J connectivity index is 1.19. The second kappa shape index (κ2) is 14.4. The summed E-state index contributed by atoms with van der Waals surface area (Å²) in [6.07, 6.45) is -4.46. The van der Waals surface area contributed by atoms with Crippen molar-refractivity contribution in [2.24, 2.45) is 0 Å². The van der Waals surface area contributed by atoms with Crippen molar-refractivity contribution in [3.63, 3.8) is 0 Å². The molecule has 0 aliphatic rings. The van der Waals surface area contributed by atoms with Gasteiger partial charge in [-0.15, -0.1) is 11.3 Å². The summed E-state index contributed by atoms with van der Waals surface area (Å²) >= 11 is 1.78. The molecule has 0 aliphatic heterocycles. The maximum Gasteiger partial charge on any atom is 0.416 e. The molecule has 0 bridgehead atoms. The van der Waals surface area contributed by atoms with E-state index in [1.54, 1.807) is 24.3 Å². The molecule has 0 radical (unpaired) electrons. The van der Waals surface area contributed by atoms with Gasteiger partial charge in [0.05, 0.1) is 22.3 Å². The zero-order chi connectivity index (χ0) is 41.2. The Kier molecular flexibility index (Phi) is 8.65. The van der Waals surface area contributed by atoms with E-state index in [-0.39, 0.29) is 0 Å². The summed E-state index contributed by atoms with van der Waals surface area (Å²) in [5.41, 5.74) is 8.44. The van der Waals surface area contributed by atoms with Crippen molar-refractivity contribution in [3.05, 3.63) is 193 Å². The molecule has 8 aromatic carbocycles. The van der Waals surface area contributed by atoms with Gasteiger partial charge in [0.25, 0.3) is 0 Å². The van der Waals surface area contributed by atoms with E-state index in [2.05, 4.69) is 77.4 Å². The number of benzene rings is 8. The number of aromatic nitrogens is 4. The van der Waals surface area contributed by atoms with E-state index in [9.17, 15) is 13.2 Å². The van der Waals surface area contributed by atoms with Gasteiger partial charge in [-0.3, -0.25) is 0 Å². The van der Waals surface area contributed by atoms with E-state index in [1.165, 1.54) is 32.3 Å². The lowest BCUT2D eigenvalue weighted by Crippen LogP contribution is -2.05. The lowest BCUT2D eigenvalue weighted by molar-refractivity contribution is -0.137. The smallest absolute Gasteiger partial charge is 0.309 e. The van der Waals surface area contributed by atoms with Gasteiger partial charge in [-0.05, 0) is 83.3 Å². The normalized spacial score (nSPS) is 11.9. The minimum absolute atomic E-state index is 0.509. The molecule has 0 unspecified atom stereocenters. The van der Waals surface area contributed by atoms with Gasteiger partial charge < -0.3 is 4.57 Å². The van der Waals surface area contributed by atoms with Gasteiger partial charge in [0.2, 0.25) is 0 Å². The average molecular weight is 815 g/mol. The highest BCUT2D eigenvalue weighted by Gasteiger charge is 2.31. The molecule has 8 heteroatoms. The van der Waals surface area contributed by atoms with Gasteiger partial charge >= 0.3 is 6.18 Å². The molecule has 0 N–H and O–H groups in total. The van der Waals surface area contributed by atoms with E-state index in [1.807, 2.05) is 91.0 Å². The van der Waals surface area contributed by atoms with Crippen molar-refractivity contribution in [1.29, 1.82) is 0 Å². The molecule has 0 atom stereocenters. The third-order valence-electron chi connectivity index (χ3n) is 11.3. The van der Waals surface area contributed by atoms with Crippen LogP contribution in [-0.2, 0) is 6.18 Å². The number of rotatable bonds is 6. The first-order chi connectivity index (χ1) is 29.8. The van der Waals surface area contributed by atoms with Crippen LogP contribution in [0.2, 0.25) is 0 Å². The molecule has 0 spiro atoms. The van der Waals surface area contributed by atoms with Crippen molar-refractivity contribution in [2.45, 2.75) is 13.1 Å². The monoisotopic (exact) mass is 814 g/mol. The van der Waals surface area contributed by atoms with Crippen LogP contribution in [0.3, 0.4) is 0 Å². The lowest BCUT2D eigenvalue weighted by atomic mass is 9.98. The maximum absolute atomic E-state index is 14.0. The SMILES string of the molecule is Cc1cc(-c2ccc3c(c2)c2ccccc2n3-c2ccc(-c3cccc4c3sc3ccccc34)cc2-c2nc(-c3ccccc3)nc(-c3ccccc3)n2)cc(C(F)(F)F)c1. The molecule has 4 nitrogen and oxygen atoms in total. The largest absolute Gasteiger partial charge is 0.416 e. The quantitative estimate of drug-likeness (QED) is 0.168. The number of fused-ring (bicyclic) bond motifs is 6. The van der Waals surface area contributed by atoms with Crippen LogP contribution in [-0.4, -0.2) is 19.5 Å². The van der Waals surface area contributed by atoms with Crippen LogP contribution < -0.4 is 0 Å². The molecule has 11 rings (SSSR count). The molecule has 292 valence electrons. The minimum atomic E-state index is -4.46. The van der Waals surface area contributed by atoms with E-state index in [0.29, 0.717) is 34.2 Å². The number of para-hydroxylation sites is 1. The number of alkyl halides is 3. The molecule has 0 fully saturated rings. The van der Waals surface area contributed by atoms with Crippen molar-refractivity contribution < 1.29 is 13.2 Å².